The molecule has 0 spiro atoms. The van der Waals surface area contributed by atoms with E-state index in [1.165, 1.54) is 39.5 Å². The van der Waals surface area contributed by atoms with Gasteiger partial charge in [0.05, 0.1) is 13.7 Å². The Morgan fingerprint density at radius 1 is 1.13 bits per heavy atom. The molecule has 0 bridgehead atoms. The minimum absolute atomic E-state index is 0.229. The Morgan fingerprint density at radius 2 is 1.83 bits per heavy atom. The number of hydrogen-bond acceptors (Lipinski definition) is 5. The molecular weight excluding hydrogens is 294 g/mol. The highest BCUT2D eigenvalue weighted by Gasteiger charge is 2.28. The molecule has 0 N–H and O–H groups in total. The first-order chi connectivity index (χ1) is 11.2. The van der Waals surface area contributed by atoms with Crippen LogP contribution in [-0.2, 0) is 18.3 Å². The van der Waals surface area contributed by atoms with Crippen LogP contribution in [0.25, 0.3) is 0 Å². The highest BCUT2D eigenvalue weighted by molar-refractivity contribution is 5.67. The molecule has 0 atom stereocenters. The standard InChI is InChI=1S/C16H27N5O2/c1-19-14(12-20-8-4-3-5-9-20)17-18-15(19)13-6-10-21(11-7-13)16(22)23-2/h13H,3-12H2,1-2H3. The fourth-order valence-corrected chi connectivity index (χ4v) is 3.64. The summed E-state index contributed by atoms with van der Waals surface area (Å²) < 4.78 is 6.95. The van der Waals surface area contributed by atoms with Crippen molar-refractivity contribution in [3.05, 3.63) is 11.6 Å². The SMILES string of the molecule is COC(=O)N1CCC(c2nnc(CN3CCCCC3)n2C)CC1. The van der Waals surface area contributed by atoms with E-state index in [0.29, 0.717) is 5.92 Å². The van der Waals surface area contributed by atoms with Crippen LogP contribution in [0.3, 0.4) is 0 Å². The maximum Gasteiger partial charge on any atom is 0.409 e. The molecule has 0 aromatic carbocycles. The number of nitrogens with zero attached hydrogens (tertiary/aromatic N) is 5. The van der Waals surface area contributed by atoms with Gasteiger partial charge in [-0.25, -0.2) is 4.79 Å². The van der Waals surface area contributed by atoms with Gasteiger partial charge in [0.2, 0.25) is 0 Å². The molecule has 3 heterocycles. The number of carbonyl (C=O) groups excluding carboxylic acids is 1. The fourth-order valence-electron chi connectivity index (χ4n) is 3.64. The summed E-state index contributed by atoms with van der Waals surface area (Å²) in [6, 6.07) is 0. The topological polar surface area (TPSA) is 63.5 Å². The second-order valence-corrected chi connectivity index (χ2v) is 6.60. The van der Waals surface area contributed by atoms with Crippen molar-refractivity contribution in [1.82, 2.24) is 24.6 Å². The molecule has 0 unspecified atom stereocenters. The Morgan fingerprint density at radius 3 is 2.48 bits per heavy atom. The van der Waals surface area contributed by atoms with Gasteiger partial charge in [-0.15, -0.1) is 10.2 Å². The number of carbonyl (C=O) groups is 1. The first kappa shape index (κ1) is 16.2. The molecule has 2 saturated heterocycles. The zero-order chi connectivity index (χ0) is 16.2. The van der Waals surface area contributed by atoms with E-state index in [2.05, 4.69) is 26.7 Å². The van der Waals surface area contributed by atoms with E-state index in [1.54, 1.807) is 4.90 Å². The van der Waals surface area contributed by atoms with Crippen molar-refractivity contribution in [2.75, 3.05) is 33.3 Å². The summed E-state index contributed by atoms with van der Waals surface area (Å²) in [5, 5.41) is 8.87. The molecule has 0 saturated carbocycles. The Kier molecular flexibility index (Phi) is 5.15. The molecule has 1 aromatic heterocycles. The molecule has 7 heteroatoms. The predicted molar refractivity (Wildman–Crippen MR) is 86.1 cm³/mol. The van der Waals surface area contributed by atoms with Gasteiger partial charge in [0.1, 0.15) is 11.6 Å². The summed E-state index contributed by atoms with van der Waals surface area (Å²) in [5.74, 6) is 2.49. The number of aromatic nitrogens is 3. The maximum absolute atomic E-state index is 11.6. The number of methoxy groups -OCH3 is 1. The van der Waals surface area contributed by atoms with E-state index in [4.69, 9.17) is 4.74 Å². The van der Waals surface area contributed by atoms with Gasteiger partial charge in [0.25, 0.3) is 0 Å². The molecule has 0 aliphatic carbocycles. The summed E-state index contributed by atoms with van der Waals surface area (Å²) in [5.41, 5.74) is 0. The molecule has 1 amide bonds. The molecule has 7 nitrogen and oxygen atoms in total. The number of piperidine rings is 2. The number of ether oxygens (including phenoxy) is 1. The summed E-state index contributed by atoms with van der Waals surface area (Å²) in [6.07, 6.45) is 5.54. The lowest BCUT2D eigenvalue weighted by Gasteiger charge is -2.30. The number of hydrogen-bond donors (Lipinski definition) is 0. The van der Waals surface area contributed by atoms with Crippen LogP contribution in [0.1, 0.15) is 49.7 Å². The van der Waals surface area contributed by atoms with E-state index in [1.807, 2.05) is 0 Å². The van der Waals surface area contributed by atoms with Crippen LogP contribution < -0.4 is 0 Å². The monoisotopic (exact) mass is 321 g/mol. The number of rotatable bonds is 3. The summed E-state index contributed by atoms with van der Waals surface area (Å²) >= 11 is 0. The summed E-state index contributed by atoms with van der Waals surface area (Å²) in [4.78, 5) is 15.8. The maximum atomic E-state index is 11.6. The third kappa shape index (κ3) is 3.65. The van der Waals surface area contributed by atoms with Gasteiger partial charge in [-0.05, 0) is 38.8 Å². The van der Waals surface area contributed by atoms with Crippen molar-refractivity contribution in [2.45, 2.75) is 44.6 Å². The third-order valence-corrected chi connectivity index (χ3v) is 5.11. The first-order valence-corrected chi connectivity index (χ1v) is 8.62. The fraction of sp³-hybridized carbons (Fsp3) is 0.812. The lowest BCUT2D eigenvalue weighted by atomic mass is 9.96. The average Bonchev–Trinajstić information content (AvgIpc) is 2.96. The number of likely N-dealkylation sites (tertiary alicyclic amines) is 2. The van der Waals surface area contributed by atoms with E-state index in [0.717, 1.165) is 44.1 Å². The van der Waals surface area contributed by atoms with E-state index >= 15 is 0 Å². The second kappa shape index (κ2) is 7.29. The number of amides is 1. The minimum Gasteiger partial charge on any atom is -0.453 e. The highest BCUT2D eigenvalue weighted by Crippen LogP contribution is 2.27. The summed E-state index contributed by atoms with van der Waals surface area (Å²) in [7, 11) is 3.51. The summed E-state index contributed by atoms with van der Waals surface area (Å²) in [6.45, 7) is 4.68. The van der Waals surface area contributed by atoms with Crippen LogP contribution >= 0.6 is 0 Å². The van der Waals surface area contributed by atoms with Gasteiger partial charge < -0.3 is 14.2 Å². The zero-order valence-electron chi connectivity index (χ0n) is 14.2. The molecule has 128 valence electrons. The lowest BCUT2D eigenvalue weighted by Crippen LogP contribution is -2.38. The Labute approximate surface area is 137 Å². The van der Waals surface area contributed by atoms with Gasteiger partial charge in [-0.1, -0.05) is 6.42 Å². The van der Waals surface area contributed by atoms with Crippen molar-refractivity contribution < 1.29 is 9.53 Å². The molecule has 3 rings (SSSR count). The van der Waals surface area contributed by atoms with Crippen molar-refractivity contribution in [2.24, 2.45) is 7.05 Å². The molecule has 1 aromatic rings. The van der Waals surface area contributed by atoms with Crippen molar-refractivity contribution in [3.8, 4) is 0 Å². The van der Waals surface area contributed by atoms with Gasteiger partial charge in [-0.3, -0.25) is 4.90 Å². The van der Waals surface area contributed by atoms with E-state index in [-0.39, 0.29) is 6.09 Å². The molecule has 2 aliphatic heterocycles. The van der Waals surface area contributed by atoms with Gasteiger partial charge in [0.15, 0.2) is 0 Å². The van der Waals surface area contributed by atoms with Crippen LogP contribution in [0.15, 0.2) is 0 Å². The van der Waals surface area contributed by atoms with E-state index < -0.39 is 0 Å². The normalized spacial score (nSPS) is 20.7. The lowest BCUT2D eigenvalue weighted by molar-refractivity contribution is 0.111. The molecule has 2 aliphatic rings. The van der Waals surface area contributed by atoms with Crippen LogP contribution in [0.2, 0.25) is 0 Å². The zero-order valence-corrected chi connectivity index (χ0v) is 14.2. The third-order valence-electron chi connectivity index (χ3n) is 5.11. The quantitative estimate of drug-likeness (QED) is 0.848. The molecule has 0 radical (unpaired) electrons. The highest BCUT2D eigenvalue weighted by atomic mass is 16.5. The molecular formula is C16H27N5O2. The van der Waals surface area contributed by atoms with E-state index in [9.17, 15) is 4.79 Å². The van der Waals surface area contributed by atoms with Gasteiger partial charge in [0, 0.05) is 26.1 Å². The largest absolute Gasteiger partial charge is 0.453 e. The molecule has 2 fully saturated rings. The van der Waals surface area contributed by atoms with Gasteiger partial charge in [-0.2, -0.15) is 0 Å². The van der Waals surface area contributed by atoms with Crippen molar-refractivity contribution in [3.63, 3.8) is 0 Å². The van der Waals surface area contributed by atoms with Crippen LogP contribution in [-0.4, -0.2) is 63.9 Å². The van der Waals surface area contributed by atoms with Crippen LogP contribution in [0.5, 0.6) is 0 Å². The Bertz CT molecular complexity index is 531. The Balaban J connectivity index is 1.60. The van der Waals surface area contributed by atoms with Crippen LogP contribution in [0.4, 0.5) is 4.79 Å². The van der Waals surface area contributed by atoms with Crippen molar-refractivity contribution in [1.29, 1.82) is 0 Å². The second-order valence-electron chi connectivity index (χ2n) is 6.60. The smallest absolute Gasteiger partial charge is 0.409 e. The predicted octanol–water partition coefficient (Wildman–Crippen LogP) is 1.75. The average molecular weight is 321 g/mol. The minimum atomic E-state index is -0.229. The molecule has 23 heavy (non-hydrogen) atoms. The van der Waals surface area contributed by atoms with Crippen molar-refractivity contribution >= 4 is 6.09 Å². The van der Waals surface area contributed by atoms with Crippen LogP contribution in [0, 0.1) is 0 Å². The first-order valence-electron chi connectivity index (χ1n) is 8.62. The Hall–Kier alpha value is -1.63. The van der Waals surface area contributed by atoms with Gasteiger partial charge >= 0.3 is 6.09 Å².